The maximum atomic E-state index is 13.6. The number of rotatable bonds is 6. The first-order valence-corrected chi connectivity index (χ1v) is 10.1. The highest BCUT2D eigenvalue weighted by Gasteiger charge is 2.30. The number of benzene rings is 2. The van der Waals surface area contributed by atoms with Crippen LogP contribution in [0.4, 0.5) is 8.78 Å². The molecule has 27 heavy (non-hydrogen) atoms. The van der Waals surface area contributed by atoms with Gasteiger partial charge in [0.1, 0.15) is 5.25 Å². The Morgan fingerprint density at radius 1 is 1.15 bits per heavy atom. The highest BCUT2D eigenvalue weighted by atomic mass is 32.2. The summed E-state index contributed by atoms with van der Waals surface area (Å²) >= 11 is 1.27. The Morgan fingerprint density at radius 2 is 1.85 bits per heavy atom. The van der Waals surface area contributed by atoms with E-state index in [9.17, 15) is 13.6 Å². The molecule has 0 radical (unpaired) electrons. The number of thioether (sulfide) groups is 1. The number of carbonyl (C=O) groups is 1. The van der Waals surface area contributed by atoms with Crippen LogP contribution in [0, 0.1) is 17.6 Å². The number of nitrogens with one attached hydrogen (secondary N) is 1. The number of halogens is 2. The smallest absolute Gasteiger partial charge is 0.240 e. The fourth-order valence-corrected chi connectivity index (χ4v) is 4.52. The maximum absolute atomic E-state index is 13.6. The number of piperidine rings is 1. The van der Waals surface area contributed by atoms with Crippen LogP contribution in [0.3, 0.4) is 0 Å². The molecule has 2 aromatic rings. The average molecular weight is 390 g/mol. The van der Waals surface area contributed by atoms with Crippen molar-refractivity contribution >= 4 is 17.7 Å². The van der Waals surface area contributed by atoms with Crippen LogP contribution in [-0.2, 0) is 4.79 Å². The van der Waals surface area contributed by atoms with Gasteiger partial charge < -0.3 is 10.2 Å². The van der Waals surface area contributed by atoms with E-state index in [0.717, 1.165) is 50.2 Å². The molecule has 1 aliphatic heterocycles. The van der Waals surface area contributed by atoms with E-state index in [1.54, 1.807) is 0 Å². The summed E-state index contributed by atoms with van der Waals surface area (Å²) in [5.74, 6) is -1.16. The van der Waals surface area contributed by atoms with Crippen molar-refractivity contribution in [2.24, 2.45) is 5.92 Å². The normalized spacial score (nSPS) is 16.3. The van der Waals surface area contributed by atoms with Crippen LogP contribution in [0.15, 0.2) is 53.4 Å². The van der Waals surface area contributed by atoms with E-state index >= 15 is 0 Å². The lowest BCUT2D eigenvalue weighted by Gasteiger charge is -2.34. The van der Waals surface area contributed by atoms with Crippen molar-refractivity contribution in [3.8, 4) is 0 Å². The van der Waals surface area contributed by atoms with E-state index < -0.39 is 16.9 Å². The number of carbonyl (C=O) groups excluding carboxylic acids is 1. The first-order valence-electron chi connectivity index (χ1n) is 9.18. The molecule has 1 aliphatic rings. The Hall–Kier alpha value is -1.92. The highest BCUT2D eigenvalue weighted by molar-refractivity contribution is 8.00. The fraction of sp³-hybridized carbons (Fsp3) is 0.381. The molecule has 2 aromatic carbocycles. The monoisotopic (exact) mass is 390 g/mol. The van der Waals surface area contributed by atoms with Gasteiger partial charge in [0.25, 0.3) is 0 Å². The molecule has 1 unspecified atom stereocenters. The molecular formula is C21H24F2N2OS. The van der Waals surface area contributed by atoms with E-state index in [4.69, 9.17) is 0 Å². The third kappa shape index (κ3) is 5.08. The number of nitrogens with zero attached hydrogens (tertiary/aromatic N) is 1. The number of hydrogen-bond donors (Lipinski definition) is 1. The van der Waals surface area contributed by atoms with Crippen LogP contribution in [0.2, 0.25) is 0 Å². The maximum Gasteiger partial charge on any atom is 0.240 e. The molecule has 0 bridgehead atoms. The summed E-state index contributed by atoms with van der Waals surface area (Å²) in [4.78, 5) is 15.7. The van der Waals surface area contributed by atoms with Crippen molar-refractivity contribution in [2.75, 3.05) is 26.7 Å². The first kappa shape index (κ1) is 19.8. The van der Waals surface area contributed by atoms with Gasteiger partial charge in [-0.1, -0.05) is 30.3 Å². The Morgan fingerprint density at radius 3 is 2.48 bits per heavy atom. The summed E-state index contributed by atoms with van der Waals surface area (Å²) in [5, 5.41) is 2.72. The lowest BCUT2D eigenvalue weighted by molar-refractivity contribution is -0.132. The van der Waals surface area contributed by atoms with Gasteiger partial charge in [-0.2, -0.15) is 0 Å². The van der Waals surface area contributed by atoms with E-state index in [0.29, 0.717) is 10.8 Å². The van der Waals surface area contributed by atoms with Crippen molar-refractivity contribution in [1.29, 1.82) is 0 Å². The van der Waals surface area contributed by atoms with E-state index in [-0.39, 0.29) is 5.91 Å². The molecule has 144 valence electrons. The summed E-state index contributed by atoms with van der Waals surface area (Å²) in [6, 6.07) is 13.3. The van der Waals surface area contributed by atoms with Crippen LogP contribution in [0.5, 0.6) is 0 Å². The molecule has 6 heteroatoms. The third-order valence-electron chi connectivity index (χ3n) is 4.89. The molecule has 3 nitrogen and oxygen atoms in total. The zero-order valence-corrected chi connectivity index (χ0v) is 16.1. The van der Waals surface area contributed by atoms with Crippen LogP contribution in [0.25, 0.3) is 0 Å². The van der Waals surface area contributed by atoms with Gasteiger partial charge in [0.05, 0.1) is 0 Å². The van der Waals surface area contributed by atoms with Gasteiger partial charge in [0, 0.05) is 18.0 Å². The second kappa shape index (κ2) is 9.33. The summed E-state index contributed by atoms with van der Waals surface area (Å²) in [5.41, 5.74) is 0.870. The third-order valence-corrected chi connectivity index (χ3v) is 6.13. The van der Waals surface area contributed by atoms with Crippen molar-refractivity contribution in [1.82, 2.24) is 10.2 Å². The molecular weight excluding hydrogens is 366 g/mol. The quantitative estimate of drug-likeness (QED) is 0.748. The summed E-state index contributed by atoms with van der Waals surface area (Å²) in [6.07, 6.45) is 1.95. The molecule has 0 saturated carbocycles. The van der Waals surface area contributed by atoms with Gasteiger partial charge in [0.15, 0.2) is 11.6 Å². The van der Waals surface area contributed by atoms with Crippen molar-refractivity contribution < 1.29 is 13.6 Å². The van der Waals surface area contributed by atoms with Crippen molar-refractivity contribution in [3.63, 3.8) is 0 Å². The van der Waals surface area contributed by atoms with Crippen molar-refractivity contribution in [3.05, 3.63) is 65.7 Å². The largest absolute Gasteiger partial charge is 0.341 e. The molecule has 1 atom stereocenters. The Bertz CT molecular complexity index is 764. The van der Waals surface area contributed by atoms with Gasteiger partial charge >= 0.3 is 0 Å². The second-order valence-electron chi connectivity index (χ2n) is 6.81. The zero-order valence-electron chi connectivity index (χ0n) is 15.3. The Kier molecular flexibility index (Phi) is 6.85. The van der Waals surface area contributed by atoms with E-state index in [1.165, 1.54) is 17.8 Å². The Labute approximate surface area is 163 Å². The lowest BCUT2D eigenvalue weighted by Crippen LogP contribution is -2.42. The van der Waals surface area contributed by atoms with Crippen LogP contribution >= 0.6 is 11.8 Å². The molecule has 0 aromatic heterocycles. The molecule has 1 amide bonds. The van der Waals surface area contributed by atoms with E-state index in [1.807, 2.05) is 42.3 Å². The molecule has 1 saturated heterocycles. The molecule has 1 N–H and O–H groups in total. The standard InChI is InChI=1S/C21H24F2N2OS/c1-24-14-15-9-11-25(12-10-15)21(26)20(16-5-3-2-4-6-16)27-17-7-8-18(22)19(23)13-17/h2-8,13,15,20,24H,9-12,14H2,1H3. The van der Waals surface area contributed by atoms with Crippen LogP contribution in [-0.4, -0.2) is 37.5 Å². The molecule has 0 spiro atoms. The lowest BCUT2D eigenvalue weighted by atomic mass is 9.96. The van der Waals surface area contributed by atoms with Gasteiger partial charge in [-0.15, -0.1) is 11.8 Å². The number of likely N-dealkylation sites (tertiary alicyclic amines) is 1. The fourth-order valence-electron chi connectivity index (χ4n) is 3.39. The minimum atomic E-state index is -0.896. The minimum Gasteiger partial charge on any atom is -0.341 e. The Balaban J connectivity index is 1.78. The minimum absolute atomic E-state index is 0.0267. The number of hydrogen-bond acceptors (Lipinski definition) is 3. The zero-order chi connectivity index (χ0) is 19.2. The molecule has 1 heterocycles. The van der Waals surface area contributed by atoms with Gasteiger partial charge in [0.2, 0.25) is 5.91 Å². The molecule has 3 rings (SSSR count). The SMILES string of the molecule is CNCC1CCN(C(=O)C(Sc2ccc(F)c(F)c2)c2ccccc2)CC1. The number of amides is 1. The summed E-state index contributed by atoms with van der Waals surface area (Å²) < 4.78 is 26.9. The average Bonchev–Trinajstić information content (AvgIpc) is 2.70. The first-order chi connectivity index (χ1) is 13.1. The second-order valence-corrected chi connectivity index (χ2v) is 7.99. The van der Waals surface area contributed by atoms with Crippen molar-refractivity contribution in [2.45, 2.75) is 23.0 Å². The summed E-state index contributed by atoms with van der Waals surface area (Å²) in [6.45, 7) is 2.42. The van der Waals surface area contributed by atoms with Gasteiger partial charge in [-0.3, -0.25) is 4.79 Å². The predicted molar refractivity (Wildman–Crippen MR) is 105 cm³/mol. The molecule has 0 aliphatic carbocycles. The van der Waals surface area contributed by atoms with E-state index in [2.05, 4.69) is 5.32 Å². The van der Waals surface area contributed by atoms with Gasteiger partial charge in [-0.25, -0.2) is 8.78 Å². The van der Waals surface area contributed by atoms with Crippen LogP contribution < -0.4 is 5.32 Å². The van der Waals surface area contributed by atoms with Gasteiger partial charge in [-0.05, 0) is 56.1 Å². The predicted octanol–water partition coefficient (Wildman–Crippen LogP) is 4.26. The van der Waals surface area contributed by atoms with Crippen LogP contribution in [0.1, 0.15) is 23.7 Å². The summed E-state index contributed by atoms with van der Waals surface area (Å²) in [7, 11) is 1.95. The molecule has 1 fully saturated rings. The topological polar surface area (TPSA) is 32.3 Å². The highest BCUT2D eigenvalue weighted by Crippen LogP contribution is 2.38.